The van der Waals surface area contributed by atoms with Crippen molar-refractivity contribution < 1.29 is 13.6 Å². The van der Waals surface area contributed by atoms with Crippen LogP contribution in [0.4, 0.5) is 14.5 Å². The summed E-state index contributed by atoms with van der Waals surface area (Å²) in [5.41, 5.74) is 5.54. The van der Waals surface area contributed by atoms with Gasteiger partial charge in [-0.15, -0.1) is 0 Å². The molecule has 18 heavy (non-hydrogen) atoms. The molecule has 0 bridgehead atoms. The summed E-state index contributed by atoms with van der Waals surface area (Å²) in [5, 5.41) is 2.38. The SMILES string of the molecule is CCCC(CN)C(=O)Nc1cc(F)c(C)cc1F. The van der Waals surface area contributed by atoms with Crippen molar-refractivity contribution in [2.75, 3.05) is 11.9 Å². The molecule has 0 aliphatic heterocycles. The topological polar surface area (TPSA) is 55.1 Å². The fourth-order valence-electron chi connectivity index (χ4n) is 1.68. The van der Waals surface area contributed by atoms with Crippen LogP contribution in [0.3, 0.4) is 0 Å². The fraction of sp³-hybridized carbons (Fsp3) is 0.462. The van der Waals surface area contributed by atoms with E-state index in [0.717, 1.165) is 18.6 Å². The van der Waals surface area contributed by atoms with Crippen LogP contribution in [0.2, 0.25) is 0 Å². The number of carbonyl (C=O) groups excluding carboxylic acids is 1. The molecule has 1 aromatic rings. The number of hydrogen-bond acceptors (Lipinski definition) is 2. The molecule has 1 rings (SSSR count). The number of aryl methyl sites for hydroxylation is 1. The minimum Gasteiger partial charge on any atom is -0.330 e. The molecule has 0 radical (unpaired) electrons. The third-order valence-electron chi connectivity index (χ3n) is 2.80. The molecule has 0 aromatic heterocycles. The number of benzene rings is 1. The molecule has 0 aliphatic carbocycles. The third-order valence-corrected chi connectivity index (χ3v) is 2.80. The van der Waals surface area contributed by atoms with Gasteiger partial charge in [0.2, 0.25) is 5.91 Å². The lowest BCUT2D eigenvalue weighted by Gasteiger charge is -2.14. The van der Waals surface area contributed by atoms with Crippen LogP contribution in [0.25, 0.3) is 0 Å². The molecule has 1 aromatic carbocycles. The number of amides is 1. The van der Waals surface area contributed by atoms with Gasteiger partial charge >= 0.3 is 0 Å². The van der Waals surface area contributed by atoms with Crippen LogP contribution >= 0.6 is 0 Å². The number of halogens is 2. The first-order valence-corrected chi connectivity index (χ1v) is 5.96. The van der Waals surface area contributed by atoms with E-state index in [1.165, 1.54) is 6.92 Å². The van der Waals surface area contributed by atoms with Crippen LogP contribution in [0.5, 0.6) is 0 Å². The van der Waals surface area contributed by atoms with Crippen molar-refractivity contribution in [1.29, 1.82) is 0 Å². The molecule has 0 saturated heterocycles. The molecule has 5 heteroatoms. The van der Waals surface area contributed by atoms with Crippen LogP contribution in [-0.4, -0.2) is 12.5 Å². The van der Waals surface area contributed by atoms with E-state index in [4.69, 9.17) is 5.73 Å². The van der Waals surface area contributed by atoms with Gasteiger partial charge in [0.15, 0.2) is 0 Å². The zero-order valence-electron chi connectivity index (χ0n) is 10.6. The Morgan fingerprint density at radius 3 is 2.61 bits per heavy atom. The number of hydrogen-bond donors (Lipinski definition) is 2. The van der Waals surface area contributed by atoms with E-state index >= 15 is 0 Å². The summed E-state index contributed by atoms with van der Waals surface area (Å²) in [6, 6.07) is 2.05. The highest BCUT2D eigenvalue weighted by atomic mass is 19.1. The van der Waals surface area contributed by atoms with E-state index in [1.54, 1.807) is 0 Å². The summed E-state index contributed by atoms with van der Waals surface area (Å²) in [5.74, 6) is -1.94. The van der Waals surface area contributed by atoms with Crippen molar-refractivity contribution in [3.63, 3.8) is 0 Å². The number of anilines is 1. The molecule has 3 nitrogen and oxygen atoms in total. The Morgan fingerprint density at radius 1 is 1.39 bits per heavy atom. The molecule has 1 unspecified atom stereocenters. The fourth-order valence-corrected chi connectivity index (χ4v) is 1.68. The zero-order valence-corrected chi connectivity index (χ0v) is 10.6. The predicted molar refractivity (Wildman–Crippen MR) is 67.2 cm³/mol. The first kappa shape index (κ1) is 14.6. The molecule has 1 amide bonds. The molecule has 3 N–H and O–H groups in total. The van der Waals surface area contributed by atoms with Gasteiger partial charge in [0, 0.05) is 12.6 Å². The summed E-state index contributed by atoms with van der Waals surface area (Å²) in [7, 11) is 0. The van der Waals surface area contributed by atoms with Gasteiger partial charge in [-0.2, -0.15) is 0 Å². The minimum absolute atomic E-state index is 0.141. The molecular formula is C13H18F2N2O. The van der Waals surface area contributed by atoms with Gasteiger partial charge in [-0.25, -0.2) is 8.78 Å². The average Bonchev–Trinajstić information content (AvgIpc) is 2.32. The Labute approximate surface area is 105 Å². The standard InChI is InChI=1S/C13H18F2N2O/c1-3-4-9(7-16)13(18)17-12-6-10(14)8(2)5-11(12)15/h5-6,9H,3-4,7,16H2,1-2H3,(H,17,18). The average molecular weight is 256 g/mol. The monoisotopic (exact) mass is 256 g/mol. The summed E-state index contributed by atoms with van der Waals surface area (Å²) in [6.07, 6.45) is 1.43. The molecule has 0 spiro atoms. The second-order valence-electron chi connectivity index (χ2n) is 4.29. The second kappa shape index (κ2) is 6.44. The molecule has 0 fully saturated rings. The van der Waals surface area contributed by atoms with Crippen LogP contribution in [0.15, 0.2) is 12.1 Å². The number of rotatable bonds is 5. The summed E-state index contributed by atoms with van der Waals surface area (Å²) < 4.78 is 26.8. The van der Waals surface area contributed by atoms with Gasteiger partial charge < -0.3 is 11.1 Å². The normalized spacial score (nSPS) is 12.3. The summed E-state index contributed by atoms with van der Waals surface area (Å²) >= 11 is 0. The summed E-state index contributed by atoms with van der Waals surface area (Å²) in [4.78, 5) is 11.8. The molecular weight excluding hydrogens is 238 g/mol. The van der Waals surface area contributed by atoms with Gasteiger partial charge in [0.1, 0.15) is 11.6 Å². The summed E-state index contributed by atoms with van der Waals surface area (Å²) in [6.45, 7) is 3.58. The van der Waals surface area contributed by atoms with Gasteiger partial charge in [0.25, 0.3) is 0 Å². The quantitative estimate of drug-likeness (QED) is 0.850. The van der Waals surface area contributed by atoms with Crippen molar-refractivity contribution >= 4 is 11.6 Å². The molecule has 0 saturated carbocycles. The Bertz CT molecular complexity index is 435. The van der Waals surface area contributed by atoms with Gasteiger partial charge in [0.05, 0.1) is 11.6 Å². The highest BCUT2D eigenvalue weighted by Crippen LogP contribution is 2.20. The van der Waals surface area contributed by atoms with E-state index in [-0.39, 0.29) is 29.6 Å². The maximum Gasteiger partial charge on any atom is 0.228 e. The predicted octanol–water partition coefficient (Wildman–Crippen LogP) is 2.59. The van der Waals surface area contributed by atoms with E-state index in [0.29, 0.717) is 6.42 Å². The maximum atomic E-state index is 13.5. The highest BCUT2D eigenvalue weighted by Gasteiger charge is 2.18. The molecule has 100 valence electrons. The van der Waals surface area contributed by atoms with Gasteiger partial charge in [-0.1, -0.05) is 13.3 Å². The van der Waals surface area contributed by atoms with Gasteiger partial charge in [-0.05, 0) is 25.0 Å². The number of nitrogens with one attached hydrogen (secondary N) is 1. The van der Waals surface area contributed by atoms with E-state index in [1.807, 2.05) is 6.92 Å². The van der Waals surface area contributed by atoms with Gasteiger partial charge in [-0.3, -0.25) is 4.79 Å². The van der Waals surface area contributed by atoms with E-state index in [2.05, 4.69) is 5.32 Å². The van der Waals surface area contributed by atoms with Crippen LogP contribution in [0.1, 0.15) is 25.3 Å². The Balaban J connectivity index is 2.84. The first-order chi connectivity index (χ1) is 8.49. The van der Waals surface area contributed by atoms with E-state index in [9.17, 15) is 13.6 Å². The minimum atomic E-state index is -0.644. The molecule has 0 heterocycles. The van der Waals surface area contributed by atoms with Crippen molar-refractivity contribution in [3.8, 4) is 0 Å². The lowest BCUT2D eigenvalue weighted by Crippen LogP contribution is -2.29. The Kier molecular flexibility index (Phi) is 5.22. The number of carbonyl (C=O) groups is 1. The first-order valence-electron chi connectivity index (χ1n) is 5.96. The maximum absolute atomic E-state index is 13.5. The van der Waals surface area contributed by atoms with Crippen molar-refractivity contribution in [2.45, 2.75) is 26.7 Å². The third kappa shape index (κ3) is 3.50. The van der Waals surface area contributed by atoms with Crippen LogP contribution < -0.4 is 11.1 Å². The number of nitrogens with two attached hydrogens (primary N) is 1. The Hall–Kier alpha value is -1.49. The van der Waals surface area contributed by atoms with Crippen molar-refractivity contribution in [2.24, 2.45) is 11.7 Å². The molecule has 1 atom stereocenters. The largest absolute Gasteiger partial charge is 0.330 e. The van der Waals surface area contributed by atoms with Crippen molar-refractivity contribution in [1.82, 2.24) is 0 Å². The van der Waals surface area contributed by atoms with E-state index < -0.39 is 11.6 Å². The highest BCUT2D eigenvalue weighted by molar-refractivity contribution is 5.92. The zero-order chi connectivity index (χ0) is 13.7. The van der Waals surface area contributed by atoms with Crippen molar-refractivity contribution in [3.05, 3.63) is 29.3 Å². The smallest absolute Gasteiger partial charge is 0.228 e. The second-order valence-corrected chi connectivity index (χ2v) is 4.29. The lowest BCUT2D eigenvalue weighted by molar-refractivity contribution is -0.119. The molecule has 0 aliphatic rings. The van der Waals surface area contributed by atoms with Crippen LogP contribution in [0, 0.1) is 24.5 Å². The van der Waals surface area contributed by atoms with Crippen LogP contribution in [-0.2, 0) is 4.79 Å². The lowest BCUT2D eigenvalue weighted by atomic mass is 10.0. The Morgan fingerprint density at radius 2 is 2.06 bits per heavy atom.